The minimum atomic E-state index is -0.275. The largest absolute Gasteiger partial charge is 0.272 e. The number of amides is 1. The van der Waals surface area contributed by atoms with Crippen molar-refractivity contribution in [1.29, 1.82) is 0 Å². The zero-order valence-electron chi connectivity index (χ0n) is 17.8. The molecule has 0 radical (unpaired) electrons. The molecule has 0 aliphatic rings. The van der Waals surface area contributed by atoms with Crippen molar-refractivity contribution in [2.45, 2.75) is 19.0 Å². The zero-order valence-corrected chi connectivity index (χ0v) is 18.6. The fraction of sp³-hybridized carbons (Fsp3) is 0.120. The van der Waals surface area contributed by atoms with Crippen LogP contribution in [0.4, 0.5) is 0 Å². The molecule has 0 aliphatic heterocycles. The van der Waals surface area contributed by atoms with Gasteiger partial charge in [-0.3, -0.25) is 14.2 Å². The van der Waals surface area contributed by atoms with Gasteiger partial charge in [0.15, 0.2) is 5.16 Å². The number of thioether (sulfide) groups is 1. The van der Waals surface area contributed by atoms with Gasteiger partial charge in [-0.05, 0) is 43.7 Å². The highest BCUT2D eigenvalue weighted by molar-refractivity contribution is 7.99. The molecule has 4 rings (SSSR count). The van der Waals surface area contributed by atoms with Crippen LogP contribution in [0.15, 0.2) is 93.9 Å². The SMILES string of the molecule is C/C(=N\NC(=O)CSc1nc2ccccc2c(=O)n1-c1ccc(C)cc1)c1ccccc1. The van der Waals surface area contributed by atoms with Crippen molar-refractivity contribution in [3.05, 3.63) is 100 Å². The van der Waals surface area contributed by atoms with Crippen LogP contribution in [0.5, 0.6) is 0 Å². The average molecular weight is 443 g/mol. The van der Waals surface area contributed by atoms with E-state index in [0.29, 0.717) is 27.5 Å². The van der Waals surface area contributed by atoms with Gasteiger partial charge in [0.25, 0.3) is 11.5 Å². The normalized spacial score (nSPS) is 11.5. The summed E-state index contributed by atoms with van der Waals surface area (Å²) >= 11 is 1.20. The molecule has 0 aliphatic carbocycles. The monoisotopic (exact) mass is 442 g/mol. The molecule has 0 saturated carbocycles. The molecule has 6 nitrogen and oxygen atoms in total. The summed E-state index contributed by atoms with van der Waals surface area (Å²) in [5.74, 6) is -0.203. The molecule has 0 bridgehead atoms. The standard InChI is InChI=1S/C25H22N4O2S/c1-17-12-14-20(15-13-17)29-24(31)21-10-6-7-11-22(21)26-25(29)32-16-23(30)28-27-18(2)19-8-4-3-5-9-19/h3-15H,16H2,1-2H3,(H,28,30)/b27-18+. The lowest BCUT2D eigenvalue weighted by Gasteiger charge is -2.13. The van der Waals surface area contributed by atoms with Gasteiger partial charge in [-0.2, -0.15) is 5.10 Å². The lowest BCUT2D eigenvalue weighted by Crippen LogP contribution is -2.24. The molecule has 0 spiro atoms. The first-order chi connectivity index (χ1) is 15.5. The molecule has 1 amide bonds. The van der Waals surface area contributed by atoms with Crippen molar-refractivity contribution in [2.75, 3.05) is 5.75 Å². The minimum Gasteiger partial charge on any atom is -0.272 e. The van der Waals surface area contributed by atoms with Crippen LogP contribution in [0.3, 0.4) is 0 Å². The number of carbonyl (C=O) groups is 1. The molecule has 0 fully saturated rings. The number of rotatable bonds is 6. The summed E-state index contributed by atoms with van der Waals surface area (Å²) in [5.41, 5.74) is 6.46. The molecule has 160 valence electrons. The molecule has 0 atom stereocenters. The van der Waals surface area contributed by atoms with Crippen LogP contribution in [-0.4, -0.2) is 26.9 Å². The van der Waals surface area contributed by atoms with E-state index >= 15 is 0 Å². The van der Waals surface area contributed by atoms with Crippen molar-refractivity contribution < 1.29 is 4.79 Å². The number of carbonyl (C=O) groups excluding carboxylic acids is 1. The molecule has 32 heavy (non-hydrogen) atoms. The van der Waals surface area contributed by atoms with Gasteiger partial charge in [-0.1, -0.05) is 71.9 Å². The zero-order chi connectivity index (χ0) is 22.5. The number of nitrogens with one attached hydrogen (secondary N) is 1. The predicted molar refractivity (Wildman–Crippen MR) is 130 cm³/mol. The number of benzene rings is 3. The van der Waals surface area contributed by atoms with Gasteiger partial charge in [0.1, 0.15) is 0 Å². The van der Waals surface area contributed by atoms with E-state index in [0.717, 1.165) is 11.1 Å². The van der Waals surface area contributed by atoms with Crippen molar-refractivity contribution in [2.24, 2.45) is 5.10 Å². The second-order valence-electron chi connectivity index (χ2n) is 7.27. The van der Waals surface area contributed by atoms with Gasteiger partial charge in [-0.15, -0.1) is 0 Å². The summed E-state index contributed by atoms with van der Waals surface area (Å²) in [7, 11) is 0. The molecule has 0 saturated heterocycles. The van der Waals surface area contributed by atoms with Crippen LogP contribution < -0.4 is 11.0 Å². The lowest BCUT2D eigenvalue weighted by atomic mass is 10.1. The summed E-state index contributed by atoms with van der Waals surface area (Å²) < 4.78 is 1.55. The highest BCUT2D eigenvalue weighted by Crippen LogP contribution is 2.21. The van der Waals surface area contributed by atoms with E-state index in [9.17, 15) is 9.59 Å². The third-order valence-corrected chi connectivity index (χ3v) is 5.85. The highest BCUT2D eigenvalue weighted by atomic mass is 32.2. The van der Waals surface area contributed by atoms with Gasteiger partial charge in [0.2, 0.25) is 0 Å². The van der Waals surface area contributed by atoms with Crippen LogP contribution in [0.1, 0.15) is 18.1 Å². The Balaban J connectivity index is 1.59. The fourth-order valence-corrected chi connectivity index (χ4v) is 3.99. The van der Waals surface area contributed by atoms with Crippen molar-refractivity contribution in [3.8, 4) is 5.69 Å². The Morgan fingerprint density at radius 2 is 1.69 bits per heavy atom. The van der Waals surface area contributed by atoms with Gasteiger partial charge >= 0.3 is 0 Å². The molecule has 0 unspecified atom stereocenters. The molecule has 4 aromatic rings. The first kappa shape index (κ1) is 21.5. The molecule has 1 aromatic heterocycles. The smallest absolute Gasteiger partial charge is 0.266 e. The summed E-state index contributed by atoms with van der Waals surface area (Å²) in [6.07, 6.45) is 0. The maximum Gasteiger partial charge on any atom is 0.266 e. The number of aromatic nitrogens is 2. The van der Waals surface area contributed by atoms with Gasteiger partial charge < -0.3 is 0 Å². The quantitative estimate of drug-likeness (QED) is 0.209. The van der Waals surface area contributed by atoms with Crippen LogP contribution in [0, 0.1) is 6.92 Å². The van der Waals surface area contributed by atoms with Gasteiger partial charge in [0.05, 0.1) is 28.1 Å². The molecule has 1 heterocycles. The molecule has 3 aromatic carbocycles. The Labute approximate surface area is 190 Å². The number of nitrogens with zero attached hydrogens (tertiary/aromatic N) is 3. The third kappa shape index (κ3) is 4.78. The van der Waals surface area contributed by atoms with Crippen LogP contribution in [-0.2, 0) is 4.79 Å². The Morgan fingerprint density at radius 3 is 2.44 bits per heavy atom. The number of hydrogen-bond donors (Lipinski definition) is 1. The Morgan fingerprint density at radius 1 is 1.00 bits per heavy atom. The summed E-state index contributed by atoms with van der Waals surface area (Å²) in [4.78, 5) is 30.3. The topological polar surface area (TPSA) is 76.3 Å². The average Bonchev–Trinajstić information content (AvgIpc) is 2.82. The van der Waals surface area contributed by atoms with Crippen molar-refractivity contribution >= 4 is 34.3 Å². The maximum atomic E-state index is 13.2. The second-order valence-corrected chi connectivity index (χ2v) is 8.22. The summed E-state index contributed by atoms with van der Waals surface area (Å²) in [5, 5.41) is 5.17. The fourth-order valence-electron chi connectivity index (χ4n) is 3.18. The van der Waals surface area contributed by atoms with E-state index in [1.807, 2.05) is 80.6 Å². The molecular formula is C25H22N4O2S. The van der Waals surface area contributed by atoms with Crippen LogP contribution in [0.25, 0.3) is 16.6 Å². The van der Waals surface area contributed by atoms with Crippen LogP contribution >= 0.6 is 11.8 Å². The maximum absolute atomic E-state index is 13.2. The number of para-hydroxylation sites is 1. The van der Waals surface area contributed by atoms with E-state index in [-0.39, 0.29) is 17.2 Å². The van der Waals surface area contributed by atoms with Crippen molar-refractivity contribution in [3.63, 3.8) is 0 Å². The van der Waals surface area contributed by atoms with Crippen molar-refractivity contribution in [1.82, 2.24) is 15.0 Å². The first-order valence-corrected chi connectivity index (χ1v) is 11.1. The minimum absolute atomic E-state index is 0.0716. The Bertz CT molecular complexity index is 1350. The third-order valence-electron chi connectivity index (χ3n) is 4.91. The summed E-state index contributed by atoms with van der Waals surface area (Å²) in [6, 6.07) is 24.5. The van der Waals surface area contributed by atoms with E-state index in [1.54, 1.807) is 16.7 Å². The van der Waals surface area contributed by atoms with Gasteiger partial charge in [-0.25, -0.2) is 10.4 Å². The van der Waals surface area contributed by atoms with Gasteiger partial charge in [0, 0.05) is 0 Å². The lowest BCUT2D eigenvalue weighted by molar-refractivity contribution is -0.118. The number of aryl methyl sites for hydroxylation is 1. The first-order valence-electron chi connectivity index (χ1n) is 10.1. The number of hydrazone groups is 1. The number of fused-ring (bicyclic) bond motifs is 1. The Kier molecular flexibility index (Phi) is 6.47. The molecule has 1 N–H and O–H groups in total. The van der Waals surface area contributed by atoms with E-state index in [2.05, 4.69) is 15.5 Å². The Hall–Kier alpha value is -3.71. The molecule has 7 heteroatoms. The van der Waals surface area contributed by atoms with Crippen LogP contribution in [0.2, 0.25) is 0 Å². The second kappa shape index (κ2) is 9.62. The van der Waals surface area contributed by atoms with E-state index in [1.165, 1.54) is 11.8 Å². The summed E-state index contributed by atoms with van der Waals surface area (Å²) in [6.45, 7) is 3.83. The molecular weight excluding hydrogens is 420 g/mol. The predicted octanol–water partition coefficient (Wildman–Crippen LogP) is 4.33. The van der Waals surface area contributed by atoms with E-state index in [4.69, 9.17) is 0 Å². The number of hydrogen-bond acceptors (Lipinski definition) is 5. The highest BCUT2D eigenvalue weighted by Gasteiger charge is 2.14. The van der Waals surface area contributed by atoms with E-state index < -0.39 is 0 Å².